The SMILES string of the molecule is CCn1nc(C)cc1CCC(C)O. The lowest BCUT2D eigenvalue weighted by Crippen LogP contribution is -2.07. The molecular weight excluding hydrogens is 164 g/mol. The number of aryl methyl sites for hydroxylation is 3. The number of aliphatic hydroxyl groups excluding tert-OH is 1. The Labute approximate surface area is 79.4 Å². The first-order chi connectivity index (χ1) is 6.13. The van der Waals surface area contributed by atoms with Gasteiger partial charge in [-0.05, 0) is 39.7 Å². The van der Waals surface area contributed by atoms with Crippen molar-refractivity contribution in [2.75, 3.05) is 0 Å². The first-order valence-electron chi connectivity index (χ1n) is 4.85. The molecule has 1 aromatic heterocycles. The van der Waals surface area contributed by atoms with Gasteiger partial charge in [0.05, 0.1) is 11.8 Å². The molecule has 0 radical (unpaired) electrons. The molecule has 1 rings (SSSR count). The fourth-order valence-electron chi connectivity index (χ4n) is 1.43. The third kappa shape index (κ3) is 2.84. The van der Waals surface area contributed by atoms with E-state index >= 15 is 0 Å². The van der Waals surface area contributed by atoms with Gasteiger partial charge in [-0.15, -0.1) is 0 Å². The summed E-state index contributed by atoms with van der Waals surface area (Å²) < 4.78 is 2.00. The van der Waals surface area contributed by atoms with Crippen molar-refractivity contribution in [3.63, 3.8) is 0 Å². The van der Waals surface area contributed by atoms with Gasteiger partial charge >= 0.3 is 0 Å². The maximum Gasteiger partial charge on any atom is 0.0596 e. The van der Waals surface area contributed by atoms with Crippen LogP contribution < -0.4 is 0 Å². The van der Waals surface area contributed by atoms with Gasteiger partial charge in [0.1, 0.15) is 0 Å². The van der Waals surface area contributed by atoms with Gasteiger partial charge in [0.25, 0.3) is 0 Å². The lowest BCUT2D eigenvalue weighted by molar-refractivity contribution is 0.184. The summed E-state index contributed by atoms with van der Waals surface area (Å²) >= 11 is 0. The van der Waals surface area contributed by atoms with E-state index in [0.29, 0.717) is 0 Å². The maximum atomic E-state index is 9.15. The maximum absolute atomic E-state index is 9.15. The van der Waals surface area contributed by atoms with Gasteiger partial charge in [-0.25, -0.2) is 0 Å². The molecule has 1 N–H and O–H groups in total. The molecule has 0 aliphatic heterocycles. The molecular formula is C10H18N2O. The minimum absolute atomic E-state index is 0.222. The fourth-order valence-corrected chi connectivity index (χ4v) is 1.43. The highest BCUT2D eigenvalue weighted by Gasteiger charge is 2.04. The van der Waals surface area contributed by atoms with E-state index < -0.39 is 0 Å². The second kappa shape index (κ2) is 4.42. The van der Waals surface area contributed by atoms with E-state index in [1.807, 2.05) is 18.5 Å². The highest BCUT2D eigenvalue weighted by molar-refractivity contribution is 5.09. The normalized spacial score (nSPS) is 13.2. The van der Waals surface area contributed by atoms with Crippen LogP contribution in [-0.4, -0.2) is 21.0 Å². The van der Waals surface area contributed by atoms with Gasteiger partial charge in [-0.1, -0.05) is 0 Å². The number of rotatable bonds is 4. The summed E-state index contributed by atoms with van der Waals surface area (Å²) in [5, 5.41) is 13.5. The van der Waals surface area contributed by atoms with Crippen LogP contribution in [0, 0.1) is 6.92 Å². The van der Waals surface area contributed by atoms with Crippen LogP contribution >= 0.6 is 0 Å². The average molecular weight is 182 g/mol. The Morgan fingerprint density at radius 3 is 2.85 bits per heavy atom. The molecule has 0 aromatic carbocycles. The van der Waals surface area contributed by atoms with Crippen LogP contribution in [0.3, 0.4) is 0 Å². The van der Waals surface area contributed by atoms with E-state index in [9.17, 15) is 0 Å². The van der Waals surface area contributed by atoms with Crippen molar-refractivity contribution in [3.05, 3.63) is 17.5 Å². The highest BCUT2D eigenvalue weighted by Crippen LogP contribution is 2.07. The summed E-state index contributed by atoms with van der Waals surface area (Å²) in [7, 11) is 0. The Bertz CT molecular complexity index is 266. The first kappa shape index (κ1) is 10.3. The number of hydrogen-bond acceptors (Lipinski definition) is 2. The molecule has 1 heterocycles. The molecule has 1 aromatic rings. The Morgan fingerprint density at radius 1 is 1.62 bits per heavy atom. The molecule has 0 fully saturated rings. The lowest BCUT2D eigenvalue weighted by atomic mass is 10.1. The molecule has 3 heteroatoms. The highest BCUT2D eigenvalue weighted by atomic mass is 16.3. The number of nitrogens with zero attached hydrogens (tertiary/aromatic N) is 2. The van der Waals surface area contributed by atoms with E-state index in [4.69, 9.17) is 5.11 Å². The van der Waals surface area contributed by atoms with Crippen molar-refractivity contribution in [2.24, 2.45) is 0 Å². The van der Waals surface area contributed by atoms with Crippen LogP contribution in [0.15, 0.2) is 6.07 Å². The van der Waals surface area contributed by atoms with Crippen LogP contribution in [0.25, 0.3) is 0 Å². The third-order valence-corrected chi connectivity index (χ3v) is 2.10. The van der Waals surface area contributed by atoms with Gasteiger partial charge in [-0.3, -0.25) is 4.68 Å². The lowest BCUT2D eigenvalue weighted by Gasteiger charge is -2.05. The number of aromatic nitrogens is 2. The number of aliphatic hydroxyl groups is 1. The molecule has 0 spiro atoms. The minimum atomic E-state index is -0.222. The zero-order valence-corrected chi connectivity index (χ0v) is 8.62. The summed E-state index contributed by atoms with van der Waals surface area (Å²) in [5.41, 5.74) is 2.28. The second-order valence-corrected chi connectivity index (χ2v) is 3.48. The Balaban J connectivity index is 2.64. The van der Waals surface area contributed by atoms with E-state index in [2.05, 4.69) is 18.1 Å². The van der Waals surface area contributed by atoms with Gasteiger partial charge < -0.3 is 5.11 Å². The van der Waals surface area contributed by atoms with Crippen molar-refractivity contribution in [1.29, 1.82) is 0 Å². The summed E-state index contributed by atoms with van der Waals surface area (Å²) in [6, 6.07) is 2.09. The summed E-state index contributed by atoms with van der Waals surface area (Å²) in [4.78, 5) is 0. The molecule has 74 valence electrons. The van der Waals surface area contributed by atoms with Crippen molar-refractivity contribution in [1.82, 2.24) is 9.78 Å². The average Bonchev–Trinajstić information content (AvgIpc) is 2.42. The molecule has 1 atom stereocenters. The van der Waals surface area contributed by atoms with Gasteiger partial charge in [0.2, 0.25) is 0 Å². The molecule has 0 saturated carbocycles. The quantitative estimate of drug-likeness (QED) is 0.766. The summed E-state index contributed by atoms with van der Waals surface area (Å²) in [6.45, 7) is 6.80. The first-order valence-corrected chi connectivity index (χ1v) is 4.85. The van der Waals surface area contributed by atoms with Crippen LogP contribution in [0.1, 0.15) is 31.7 Å². The smallest absolute Gasteiger partial charge is 0.0596 e. The Morgan fingerprint density at radius 2 is 2.31 bits per heavy atom. The molecule has 0 aliphatic rings. The topological polar surface area (TPSA) is 38.0 Å². The van der Waals surface area contributed by atoms with Gasteiger partial charge in [0.15, 0.2) is 0 Å². The van der Waals surface area contributed by atoms with Crippen LogP contribution in [0.5, 0.6) is 0 Å². The van der Waals surface area contributed by atoms with E-state index in [1.165, 1.54) is 5.69 Å². The molecule has 13 heavy (non-hydrogen) atoms. The third-order valence-electron chi connectivity index (χ3n) is 2.10. The van der Waals surface area contributed by atoms with Crippen molar-refractivity contribution in [2.45, 2.75) is 46.3 Å². The van der Waals surface area contributed by atoms with E-state index in [0.717, 1.165) is 25.1 Å². The van der Waals surface area contributed by atoms with Crippen LogP contribution in [0.2, 0.25) is 0 Å². The fraction of sp³-hybridized carbons (Fsp3) is 0.700. The molecule has 0 saturated heterocycles. The second-order valence-electron chi connectivity index (χ2n) is 3.48. The Hall–Kier alpha value is -0.830. The van der Waals surface area contributed by atoms with E-state index in [1.54, 1.807) is 0 Å². The molecule has 1 unspecified atom stereocenters. The van der Waals surface area contributed by atoms with Crippen LogP contribution in [-0.2, 0) is 13.0 Å². The molecule has 0 aliphatic carbocycles. The minimum Gasteiger partial charge on any atom is -0.393 e. The predicted octanol–water partition coefficient (Wildman–Crippen LogP) is 1.52. The zero-order valence-electron chi connectivity index (χ0n) is 8.62. The molecule has 0 bridgehead atoms. The zero-order chi connectivity index (χ0) is 9.84. The van der Waals surface area contributed by atoms with Gasteiger partial charge in [0, 0.05) is 12.2 Å². The van der Waals surface area contributed by atoms with Crippen molar-refractivity contribution >= 4 is 0 Å². The predicted molar refractivity (Wildman–Crippen MR) is 52.6 cm³/mol. The van der Waals surface area contributed by atoms with Gasteiger partial charge in [-0.2, -0.15) is 5.10 Å². The summed E-state index contributed by atoms with van der Waals surface area (Å²) in [6.07, 6.45) is 1.50. The van der Waals surface area contributed by atoms with Crippen molar-refractivity contribution < 1.29 is 5.11 Å². The molecule has 3 nitrogen and oxygen atoms in total. The summed E-state index contributed by atoms with van der Waals surface area (Å²) in [5.74, 6) is 0. The van der Waals surface area contributed by atoms with Crippen LogP contribution in [0.4, 0.5) is 0 Å². The monoisotopic (exact) mass is 182 g/mol. The van der Waals surface area contributed by atoms with E-state index in [-0.39, 0.29) is 6.10 Å². The standard InChI is InChI=1S/C10H18N2O/c1-4-12-10(6-5-9(3)13)7-8(2)11-12/h7,9,13H,4-6H2,1-3H3. The Kier molecular flexibility index (Phi) is 3.48. The number of hydrogen-bond donors (Lipinski definition) is 1. The molecule has 0 amide bonds. The van der Waals surface area contributed by atoms with Crippen molar-refractivity contribution in [3.8, 4) is 0 Å². The largest absolute Gasteiger partial charge is 0.393 e.